The highest BCUT2D eigenvalue weighted by molar-refractivity contribution is 7.13. The Morgan fingerprint density at radius 2 is 2.64 bits per heavy atom. The number of aromatic nitrogens is 1. The van der Waals surface area contributed by atoms with Crippen molar-refractivity contribution in [1.82, 2.24) is 4.98 Å². The lowest BCUT2D eigenvalue weighted by molar-refractivity contribution is 0.309. The van der Waals surface area contributed by atoms with E-state index in [9.17, 15) is 0 Å². The summed E-state index contributed by atoms with van der Waals surface area (Å²) in [5.74, 6) is 0. The van der Waals surface area contributed by atoms with Crippen molar-refractivity contribution >= 4 is 22.2 Å². The third-order valence-corrected chi connectivity index (χ3v) is 1.87. The molecule has 0 aliphatic carbocycles. The molecule has 1 aromatic rings. The molecule has 0 aliphatic heterocycles. The molecule has 3 N–H and O–H groups in total. The fourth-order valence-corrected chi connectivity index (χ4v) is 1.25. The first kappa shape index (κ1) is 8.16. The van der Waals surface area contributed by atoms with Gasteiger partial charge in [0.2, 0.25) is 0 Å². The van der Waals surface area contributed by atoms with Gasteiger partial charge in [-0.1, -0.05) is 0 Å². The summed E-state index contributed by atoms with van der Waals surface area (Å²) in [4.78, 5) is 7.75. The Hall–Kier alpha value is -0.940. The Morgan fingerprint density at radius 3 is 3.09 bits per heavy atom. The molecule has 0 atom stereocenters. The molecule has 0 saturated carbocycles. The standard InChI is InChI=1S/C6H9N3OS/c1-4(8-3-10)5-2-11-6(7)9-5/h2,10H,3H2,1H3,(H2,7,9)/b8-4-. The number of nitrogens with zero attached hydrogens (tertiary/aromatic N) is 2. The van der Waals surface area contributed by atoms with Crippen LogP contribution in [0, 0.1) is 0 Å². The number of hydrogen-bond acceptors (Lipinski definition) is 5. The van der Waals surface area contributed by atoms with Gasteiger partial charge in [0.05, 0.1) is 11.4 Å². The number of rotatable bonds is 2. The second kappa shape index (κ2) is 3.45. The van der Waals surface area contributed by atoms with Crippen molar-refractivity contribution < 1.29 is 5.11 Å². The Kier molecular flexibility index (Phi) is 2.56. The van der Waals surface area contributed by atoms with Crippen molar-refractivity contribution in [3.05, 3.63) is 11.1 Å². The molecule has 0 bridgehead atoms. The smallest absolute Gasteiger partial charge is 0.180 e. The molecule has 0 fully saturated rings. The van der Waals surface area contributed by atoms with Crippen LogP contribution >= 0.6 is 11.3 Å². The largest absolute Gasteiger partial charge is 0.375 e. The molecule has 0 radical (unpaired) electrons. The topological polar surface area (TPSA) is 71.5 Å². The molecule has 0 saturated heterocycles. The van der Waals surface area contributed by atoms with Gasteiger partial charge in [0.15, 0.2) is 5.13 Å². The highest BCUT2D eigenvalue weighted by Gasteiger charge is 2.00. The van der Waals surface area contributed by atoms with Crippen LogP contribution in [-0.2, 0) is 0 Å². The molecular formula is C6H9N3OS. The summed E-state index contributed by atoms with van der Waals surface area (Å²) in [7, 11) is 0. The normalized spacial score (nSPS) is 12.0. The van der Waals surface area contributed by atoms with Crippen LogP contribution < -0.4 is 5.73 Å². The van der Waals surface area contributed by atoms with Gasteiger partial charge in [-0.25, -0.2) is 4.98 Å². The average Bonchev–Trinajstić information content (AvgIpc) is 2.36. The molecule has 0 aromatic carbocycles. The second-order valence-electron chi connectivity index (χ2n) is 1.96. The molecular weight excluding hydrogens is 162 g/mol. The summed E-state index contributed by atoms with van der Waals surface area (Å²) in [5, 5.41) is 10.8. The molecule has 0 amide bonds. The number of aliphatic hydroxyl groups excluding tert-OH is 1. The molecule has 0 unspecified atom stereocenters. The number of anilines is 1. The van der Waals surface area contributed by atoms with Gasteiger partial charge in [0.1, 0.15) is 6.73 Å². The van der Waals surface area contributed by atoms with Crippen molar-refractivity contribution in [2.24, 2.45) is 4.99 Å². The summed E-state index contributed by atoms with van der Waals surface area (Å²) >= 11 is 1.36. The van der Waals surface area contributed by atoms with E-state index in [1.165, 1.54) is 11.3 Å². The number of hydrogen-bond donors (Lipinski definition) is 2. The minimum atomic E-state index is -0.205. The lowest BCUT2D eigenvalue weighted by Gasteiger charge is -1.91. The molecule has 1 heterocycles. The lowest BCUT2D eigenvalue weighted by atomic mass is 10.3. The van der Waals surface area contributed by atoms with E-state index in [-0.39, 0.29) is 6.73 Å². The van der Waals surface area contributed by atoms with Crippen molar-refractivity contribution in [3.8, 4) is 0 Å². The second-order valence-corrected chi connectivity index (χ2v) is 2.85. The molecule has 11 heavy (non-hydrogen) atoms. The van der Waals surface area contributed by atoms with Crippen LogP contribution in [0.2, 0.25) is 0 Å². The van der Waals surface area contributed by atoms with E-state index >= 15 is 0 Å². The quantitative estimate of drug-likeness (QED) is 0.636. The molecule has 0 aliphatic rings. The minimum Gasteiger partial charge on any atom is -0.375 e. The van der Waals surface area contributed by atoms with E-state index in [4.69, 9.17) is 10.8 Å². The first-order chi connectivity index (χ1) is 5.24. The SMILES string of the molecule is C/C(=N/CO)c1csc(N)n1. The van der Waals surface area contributed by atoms with Gasteiger partial charge in [-0.05, 0) is 6.92 Å². The predicted molar refractivity (Wildman–Crippen MR) is 45.8 cm³/mol. The summed E-state index contributed by atoms with van der Waals surface area (Å²) in [6.07, 6.45) is 0. The summed E-state index contributed by atoms with van der Waals surface area (Å²) < 4.78 is 0. The minimum absolute atomic E-state index is 0.205. The first-order valence-corrected chi connectivity index (χ1v) is 3.95. The van der Waals surface area contributed by atoms with Gasteiger partial charge in [-0.2, -0.15) is 0 Å². The number of thiazole rings is 1. The Bertz CT molecular complexity index is 269. The van der Waals surface area contributed by atoms with E-state index in [0.29, 0.717) is 10.8 Å². The van der Waals surface area contributed by atoms with Crippen molar-refractivity contribution in [2.75, 3.05) is 12.5 Å². The van der Waals surface area contributed by atoms with Crippen molar-refractivity contribution in [2.45, 2.75) is 6.92 Å². The van der Waals surface area contributed by atoms with Gasteiger partial charge in [-0.3, -0.25) is 4.99 Å². The Balaban J connectivity index is 2.84. The van der Waals surface area contributed by atoms with Crippen LogP contribution in [0.15, 0.2) is 10.4 Å². The maximum atomic E-state index is 8.46. The summed E-state index contributed by atoms with van der Waals surface area (Å²) in [6, 6.07) is 0. The zero-order valence-electron chi connectivity index (χ0n) is 6.11. The molecule has 0 spiro atoms. The van der Waals surface area contributed by atoms with Gasteiger partial charge >= 0.3 is 0 Å². The fourth-order valence-electron chi connectivity index (χ4n) is 0.641. The van der Waals surface area contributed by atoms with Crippen LogP contribution in [0.3, 0.4) is 0 Å². The molecule has 4 nitrogen and oxygen atoms in total. The average molecular weight is 171 g/mol. The lowest BCUT2D eigenvalue weighted by Crippen LogP contribution is -1.96. The van der Waals surface area contributed by atoms with Gasteiger partial charge < -0.3 is 10.8 Å². The number of aliphatic imine (C=N–C) groups is 1. The van der Waals surface area contributed by atoms with Crippen LogP contribution in [0.1, 0.15) is 12.6 Å². The fraction of sp³-hybridized carbons (Fsp3) is 0.333. The summed E-state index contributed by atoms with van der Waals surface area (Å²) in [6.45, 7) is 1.58. The number of nitrogens with two attached hydrogens (primary N) is 1. The third kappa shape index (κ3) is 1.99. The van der Waals surface area contributed by atoms with Crippen molar-refractivity contribution in [3.63, 3.8) is 0 Å². The zero-order chi connectivity index (χ0) is 8.27. The zero-order valence-corrected chi connectivity index (χ0v) is 6.93. The van der Waals surface area contributed by atoms with Crippen LogP contribution in [0.4, 0.5) is 5.13 Å². The van der Waals surface area contributed by atoms with Gasteiger partial charge in [0, 0.05) is 5.38 Å². The summed E-state index contributed by atoms with van der Waals surface area (Å²) in [5.41, 5.74) is 6.85. The maximum absolute atomic E-state index is 8.46. The van der Waals surface area contributed by atoms with E-state index in [0.717, 1.165) is 5.69 Å². The molecule has 1 rings (SSSR count). The number of aliphatic hydroxyl groups is 1. The number of nitrogen functional groups attached to an aromatic ring is 1. The monoisotopic (exact) mass is 171 g/mol. The Labute approximate surface area is 68.4 Å². The maximum Gasteiger partial charge on any atom is 0.180 e. The van der Waals surface area contributed by atoms with E-state index in [1.54, 1.807) is 6.92 Å². The highest BCUT2D eigenvalue weighted by atomic mass is 32.1. The van der Waals surface area contributed by atoms with Gasteiger partial charge in [-0.15, -0.1) is 11.3 Å². The van der Waals surface area contributed by atoms with E-state index in [2.05, 4.69) is 9.98 Å². The first-order valence-electron chi connectivity index (χ1n) is 3.07. The predicted octanol–water partition coefficient (Wildman–Crippen LogP) is 0.484. The van der Waals surface area contributed by atoms with Crippen molar-refractivity contribution in [1.29, 1.82) is 0 Å². The van der Waals surface area contributed by atoms with E-state index < -0.39 is 0 Å². The molecule has 5 heteroatoms. The van der Waals surface area contributed by atoms with Crippen LogP contribution in [0.25, 0.3) is 0 Å². The van der Waals surface area contributed by atoms with Crippen LogP contribution in [0.5, 0.6) is 0 Å². The molecule has 60 valence electrons. The highest BCUT2D eigenvalue weighted by Crippen LogP contribution is 2.11. The third-order valence-electron chi connectivity index (χ3n) is 1.20. The van der Waals surface area contributed by atoms with Gasteiger partial charge in [0.25, 0.3) is 0 Å². The van der Waals surface area contributed by atoms with E-state index in [1.807, 2.05) is 5.38 Å². The molecule has 1 aromatic heterocycles. The Morgan fingerprint density at radius 1 is 1.91 bits per heavy atom. The van der Waals surface area contributed by atoms with Crippen LogP contribution in [-0.4, -0.2) is 22.5 Å².